The van der Waals surface area contributed by atoms with Crippen molar-refractivity contribution in [3.8, 4) is 0 Å². The average Bonchev–Trinajstić information content (AvgIpc) is 2.14. The van der Waals surface area contributed by atoms with Gasteiger partial charge in [0.1, 0.15) is 16.2 Å². The second-order valence-electron chi connectivity index (χ2n) is 5.82. The molecule has 0 aliphatic rings. The van der Waals surface area contributed by atoms with Crippen molar-refractivity contribution in [3.05, 3.63) is 16.5 Å². The van der Waals surface area contributed by atoms with Crippen molar-refractivity contribution in [2.75, 3.05) is 11.9 Å². The van der Waals surface area contributed by atoms with Gasteiger partial charge in [0.05, 0.1) is 12.1 Å². The molecule has 1 rings (SSSR count). The van der Waals surface area contributed by atoms with Crippen LogP contribution in [0, 0.1) is 0 Å². The summed E-state index contributed by atoms with van der Waals surface area (Å²) >= 11 is 3.38. The topological polar surface area (TPSA) is 58.0 Å². The minimum absolute atomic E-state index is 0.0411. The molecule has 0 unspecified atom stereocenters. The van der Waals surface area contributed by atoms with E-state index >= 15 is 0 Å². The number of nitrogens with one attached hydrogen (secondary N) is 1. The van der Waals surface area contributed by atoms with Crippen molar-refractivity contribution in [2.45, 2.75) is 45.6 Å². The Balaban J connectivity index is 3.06. The number of aliphatic hydroxyl groups is 1. The molecular formula is C12H20BrN3O. The molecule has 0 bridgehead atoms. The minimum atomic E-state index is -0.400. The highest BCUT2D eigenvalue weighted by molar-refractivity contribution is 9.10. The molecule has 1 aromatic rings. The molecular weight excluding hydrogens is 282 g/mol. The molecule has 0 radical (unpaired) electrons. The quantitative estimate of drug-likeness (QED) is 0.843. The van der Waals surface area contributed by atoms with Crippen LogP contribution in [0.4, 0.5) is 5.82 Å². The zero-order chi connectivity index (χ0) is 13.3. The number of nitrogens with zero attached hydrogens (tertiary/aromatic N) is 2. The highest BCUT2D eigenvalue weighted by atomic mass is 79.9. The van der Waals surface area contributed by atoms with E-state index in [9.17, 15) is 5.11 Å². The first-order valence-corrected chi connectivity index (χ1v) is 6.37. The fraction of sp³-hybridized carbons (Fsp3) is 0.667. The highest BCUT2D eigenvalue weighted by Crippen LogP contribution is 2.23. The average molecular weight is 302 g/mol. The lowest BCUT2D eigenvalue weighted by Gasteiger charge is -2.25. The van der Waals surface area contributed by atoms with Crippen LogP contribution in [0.5, 0.6) is 0 Å². The molecule has 17 heavy (non-hydrogen) atoms. The van der Waals surface area contributed by atoms with Gasteiger partial charge in [-0.25, -0.2) is 9.97 Å². The van der Waals surface area contributed by atoms with Crippen LogP contribution < -0.4 is 5.32 Å². The van der Waals surface area contributed by atoms with Crippen molar-refractivity contribution in [1.82, 2.24) is 9.97 Å². The molecule has 0 saturated carbocycles. The van der Waals surface area contributed by atoms with E-state index in [0.717, 1.165) is 16.2 Å². The Kier molecular flexibility index (Phi) is 4.15. The maximum absolute atomic E-state index is 9.24. The van der Waals surface area contributed by atoms with E-state index < -0.39 is 5.54 Å². The number of anilines is 1. The molecule has 96 valence electrons. The van der Waals surface area contributed by atoms with Crippen LogP contribution >= 0.6 is 15.9 Å². The third kappa shape index (κ3) is 4.24. The van der Waals surface area contributed by atoms with Gasteiger partial charge in [-0.2, -0.15) is 0 Å². The first-order valence-electron chi connectivity index (χ1n) is 5.58. The summed E-state index contributed by atoms with van der Waals surface area (Å²) in [6.07, 6.45) is 0. The number of rotatable bonds is 3. The zero-order valence-corrected chi connectivity index (χ0v) is 12.6. The van der Waals surface area contributed by atoms with Crippen LogP contribution in [-0.2, 0) is 5.41 Å². The van der Waals surface area contributed by atoms with Crippen molar-refractivity contribution in [1.29, 1.82) is 0 Å². The molecule has 0 aliphatic carbocycles. The molecule has 1 heterocycles. The summed E-state index contributed by atoms with van der Waals surface area (Å²) in [6, 6.07) is 1.81. The van der Waals surface area contributed by atoms with Gasteiger partial charge in [-0.15, -0.1) is 0 Å². The van der Waals surface area contributed by atoms with Crippen LogP contribution in [-0.4, -0.2) is 27.2 Å². The number of halogens is 1. The second kappa shape index (κ2) is 4.90. The van der Waals surface area contributed by atoms with Crippen LogP contribution in [0.25, 0.3) is 0 Å². The molecule has 0 fully saturated rings. The summed E-state index contributed by atoms with van der Waals surface area (Å²) in [5.41, 5.74) is -0.507. The summed E-state index contributed by atoms with van der Waals surface area (Å²) in [7, 11) is 0. The summed E-state index contributed by atoms with van der Waals surface area (Å²) in [6.45, 7) is 10.1. The summed E-state index contributed by atoms with van der Waals surface area (Å²) in [5, 5.41) is 12.4. The fourth-order valence-electron chi connectivity index (χ4n) is 1.20. The Labute approximate surface area is 111 Å². The first kappa shape index (κ1) is 14.4. The largest absolute Gasteiger partial charge is 0.394 e. The number of aromatic nitrogens is 2. The van der Waals surface area contributed by atoms with Crippen LogP contribution in [0.1, 0.15) is 40.4 Å². The lowest BCUT2D eigenvalue weighted by atomic mass is 9.96. The van der Waals surface area contributed by atoms with Gasteiger partial charge in [0.25, 0.3) is 0 Å². The minimum Gasteiger partial charge on any atom is -0.394 e. The van der Waals surface area contributed by atoms with E-state index in [-0.39, 0.29) is 12.0 Å². The number of hydrogen-bond acceptors (Lipinski definition) is 4. The van der Waals surface area contributed by atoms with Crippen molar-refractivity contribution in [2.24, 2.45) is 0 Å². The molecule has 0 spiro atoms. The first-order chi connectivity index (χ1) is 7.64. The van der Waals surface area contributed by atoms with Crippen LogP contribution in [0.15, 0.2) is 10.7 Å². The molecule has 0 aromatic carbocycles. The van der Waals surface area contributed by atoms with E-state index in [1.807, 2.05) is 19.9 Å². The Morgan fingerprint density at radius 3 is 2.29 bits per heavy atom. The number of aliphatic hydroxyl groups excluding tert-OH is 1. The Morgan fingerprint density at radius 1 is 1.24 bits per heavy atom. The smallest absolute Gasteiger partial charge is 0.137 e. The SMILES string of the molecule is CC(C)(CO)Nc1cc(Br)nc(C(C)(C)C)n1. The lowest BCUT2D eigenvalue weighted by molar-refractivity contribution is 0.234. The van der Waals surface area contributed by atoms with Crippen LogP contribution in [0.2, 0.25) is 0 Å². The summed E-state index contributed by atoms with van der Waals surface area (Å²) < 4.78 is 0.744. The normalized spacial score (nSPS) is 12.6. The zero-order valence-electron chi connectivity index (χ0n) is 11.0. The van der Waals surface area contributed by atoms with E-state index in [1.165, 1.54) is 0 Å². The molecule has 0 saturated heterocycles. The molecule has 0 amide bonds. The van der Waals surface area contributed by atoms with Gasteiger partial charge in [-0.1, -0.05) is 20.8 Å². The van der Waals surface area contributed by atoms with Crippen molar-refractivity contribution < 1.29 is 5.11 Å². The monoisotopic (exact) mass is 301 g/mol. The van der Waals surface area contributed by atoms with Gasteiger partial charge in [0, 0.05) is 11.5 Å². The fourth-order valence-corrected chi connectivity index (χ4v) is 1.59. The molecule has 2 N–H and O–H groups in total. The summed E-state index contributed by atoms with van der Waals surface area (Å²) in [4.78, 5) is 8.84. The van der Waals surface area contributed by atoms with Gasteiger partial charge >= 0.3 is 0 Å². The number of hydrogen-bond donors (Lipinski definition) is 2. The van der Waals surface area contributed by atoms with Gasteiger partial charge in [-0.3, -0.25) is 0 Å². The predicted molar refractivity (Wildman–Crippen MR) is 73.2 cm³/mol. The van der Waals surface area contributed by atoms with Gasteiger partial charge < -0.3 is 10.4 Å². The summed E-state index contributed by atoms with van der Waals surface area (Å²) in [5.74, 6) is 1.49. The molecule has 5 heteroatoms. The standard InChI is InChI=1S/C12H20BrN3O/c1-11(2,3)10-14-8(13)6-9(15-10)16-12(4,5)7-17/h6,17H,7H2,1-5H3,(H,14,15,16). The highest BCUT2D eigenvalue weighted by Gasteiger charge is 2.21. The molecule has 1 aromatic heterocycles. The predicted octanol–water partition coefficient (Wildman–Crippen LogP) is 2.72. The van der Waals surface area contributed by atoms with Crippen molar-refractivity contribution >= 4 is 21.7 Å². The Morgan fingerprint density at radius 2 is 1.82 bits per heavy atom. The van der Waals surface area contributed by atoms with E-state index in [2.05, 4.69) is 52.0 Å². The molecule has 4 nitrogen and oxygen atoms in total. The second-order valence-corrected chi connectivity index (χ2v) is 6.63. The maximum Gasteiger partial charge on any atom is 0.137 e. The van der Waals surface area contributed by atoms with E-state index in [1.54, 1.807) is 0 Å². The third-order valence-corrected chi connectivity index (χ3v) is 2.63. The molecule has 0 aliphatic heterocycles. The van der Waals surface area contributed by atoms with E-state index in [0.29, 0.717) is 0 Å². The van der Waals surface area contributed by atoms with Gasteiger partial charge in [0.2, 0.25) is 0 Å². The van der Waals surface area contributed by atoms with E-state index in [4.69, 9.17) is 0 Å². The van der Waals surface area contributed by atoms with Crippen LogP contribution in [0.3, 0.4) is 0 Å². The third-order valence-electron chi connectivity index (χ3n) is 2.23. The van der Waals surface area contributed by atoms with Crippen molar-refractivity contribution in [3.63, 3.8) is 0 Å². The Hall–Kier alpha value is -0.680. The van der Waals surface area contributed by atoms with Gasteiger partial charge in [0.15, 0.2) is 0 Å². The molecule has 0 atom stereocenters. The maximum atomic E-state index is 9.24. The lowest BCUT2D eigenvalue weighted by Crippen LogP contribution is -2.35. The Bertz CT molecular complexity index is 399. The van der Waals surface area contributed by atoms with Gasteiger partial charge in [-0.05, 0) is 29.8 Å².